The van der Waals surface area contributed by atoms with Gasteiger partial charge in [0.1, 0.15) is 11.4 Å². The molecule has 0 aromatic rings. The van der Waals surface area contributed by atoms with E-state index in [9.17, 15) is 9.79 Å². The van der Waals surface area contributed by atoms with Crippen LogP contribution < -0.4 is 9.79 Å². The van der Waals surface area contributed by atoms with Gasteiger partial charge in [-0.2, -0.15) is 0 Å². The van der Waals surface area contributed by atoms with Gasteiger partial charge in [0.15, 0.2) is 0 Å². The second kappa shape index (κ2) is 16.9. The topological polar surface area (TPSA) is 122 Å². The van der Waals surface area contributed by atoms with E-state index in [0.29, 0.717) is 52.1 Å². The molecule has 0 aliphatic heterocycles. The first-order valence-corrected chi connectivity index (χ1v) is 11.8. The number of hydrogen-bond acceptors (Lipinski definition) is 7. The van der Waals surface area contributed by atoms with Crippen molar-refractivity contribution in [1.82, 2.24) is 0 Å². The Balaban J connectivity index is 0. The Morgan fingerprint density at radius 1 is 0.808 bits per heavy atom. The largest absolute Gasteiger partial charge is 0.629 e. The molecule has 0 rings (SSSR count). The summed E-state index contributed by atoms with van der Waals surface area (Å²) >= 11 is 0. The molecule has 0 spiro atoms. The van der Waals surface area contributed by atoms with E-state index in [-0.39, 0.29) is 34.8 Å². The molecule has 0 saturated heterocycles. The van der Waals surface area contributed by atoms with Gasteiger partial charge in [0.05, 0.1) is 28.9 Å². The van der Waals surface area contributed by atoms with Crippen molar-refractivity contribution in [3.05, 3.63) is 0 Å². The van der Waals surface area contributed by atoms with Crippen molar-refractivity contribution in [2.75, 3.05) is 39.8 Å². The Bertz CT molecular complexity index is 461. The average molecular weight is 429 g/mol. The molecule has 0 fully saturated rings. The molecular weight excluding hydrogens is 398 g/mol. The lowest BCUT2D eigenvalue weighted by atomic mass is 10.2. The Labute approximate surface area is 164 Å². The number of hydrogen-bond donors (Lipinski definition) is 2. The summed E-state index contributed by atoms with van der Waals surface area (Å²) in [7, 11) is -3.84. The first kappa shape index (κ1) is 28.0. The van der Waals surface area contributed by atoms with Crippen LogP contribution in [-0.4, -0.2) is 62.1 Å². The van der Waals surface area contributed by atoms with E-state index < -0.39 is 15.5 Å². The third kappa shape index (κ3) is 12.2. The Kier molecular flexibility index (Phi) is 18.2. The number of rotatable bonds is 14. The minimum absolute atomic E-state index is 0. The normalized spacial score (nSPS) is 12.8. The Morgan fingerprint density at radius 2 is 1.15 bits per heavy atom. The molecule has 7 nitrogen and oxygen atoms in total. The van der Waals surface area contributed by atoms with Gasteiger partial charge in [-0.1, -0.05) is 0 Å². The quantitative estimate of drug-likeness (QED) is 0.249. The van der Waals surface area contributed by atoms with Crippen LogP contribution in [0.1, 0.15) is 39.5 Å². The van der Waals surface area contributed by atoms with Crippen LogP contribution >= 0.6 is 28.0 Å². The molecule has 0 radical (unpaired) electrons. The standard InChI is InChI=1S/C16H30N2O5P2.ClH/c1-5-21-11-7-9-13(17)15(24(3)19)23-16(25(4)20)14(18)10-8-12-22-6-2;/h17-18H,5-12H2,1-4H3;1H. The maximum atomic E-state index is 12.0. The van der Waals surface area contributed by atoms with Crippen LogP contribution in [0.25, 0.3) is 0 Å². The predicted octanol–water partition coefficient (Wildman–Crippen LogP) is 2.13. The fourth-order valence-electron chi connectivity index (χ4n) is 1.93. The molecule has 10 heteroatoms. The summed E-state index contributed by atoms with van der Waals surface area (Å²) in [5.41, 5.74) is 0.196. The summed E-state index contributed by atoms with van der Waals surface area (Å²) in [6.07, 6.45) is 1.94. The molecule has 152 valence electrons. The smallest absolute Gasteiger partial charge is 0.274 e. The first-order valence-electron chi connectivity index (χ1n) is 8.39. The second-order valence-corrected chi connectivity index (χ2v) is 8.07. The van der Waals surface area contributed by atoms with Crippen LogP contribution in [0.2, 0.25) is 0 Å². The van der Waals surface area contributed by atoms with Gasteiger partial charge in [0, 0.05) is 26.4 Å². The van der Waals surface area contributed by atoms with Gasteiger partial charge in [0.25, 0.3) is 11.0 Å². The van der Waals surface area contributed by atoms with Gasteiger partial charge in [-0.15, -0.1) is 12.4 Å². The predicted molar refractivity (Wildman–Crippen MR) is 111 cm³/mol. The summed E-state index contributed by atoms with van der Waals surface area (Å²) in [5, 5.41) is 16.2. The van der Waals surface area contributed by atoms with Gasteiger partial charge in [0.2, 0.25) is 0 Å². The second-order valence-electron chi connectivity index (χ2n) is 5.27. The van der Waals surface area contributed by atoms with Crippen molar-refractivity contribution in [1.29, 1.82) is 10.8 Å². The zero-order chi connectivity index (χ0) is 19.2. The van der Waals surface area contributed by atoms with Gasteiger partial charge in [-0.05, 0) is 39.5 Å². The van der Waals surface area contributed by atoms with Crippen LogP contribution in [-0.2, 0) is 14.2 Å². The van der Waals surface area contributed by atoms with Gasteiger partial charge < -0.3 is 19.3 Å². The van der Waals surface area contributed by atoms with Crippen molar-refractivity contribution < 1.29 is 24.0 Å². The SMILES string of the molecule is CCOCCCC(=N)C(OC(C(=N)CCCOCC)=[P+](C)[O-])=[P+](C)[O-].Cl. The van der Waals surface area contributed by atoms with Crippen LogP contribution in [0.3, 0.4) is 0 Å². The minimum Gasteiger partial charge on any atom is -0.629 e. The molecule has 0 saturated carbocycles. The zero-order valence-corrected chi connectivity index (χ0v) is 18.6. The minimum atomic E-state index is -1.92. The molecule has 0 aromatic carbocycles. The monoisotopic (exact) mass is 428 g/mol. The highest BCUT2D eigenvalue weighted by atomic mass is 35.5. The number of ether oxygens (including phenoxy) is 3. The van der Waals surface area contributed by atoms with E-state index in [1.807, 2.05) is 13.8 Å². The molecule has 0 heterocycles. The van der Waals surface area contributed by atoms with E-state index in [1.165, 1.54) is 13.3 Å². The fourth-order valence-corrected chi connectivity index (χ4v) is 3.42. The number of nitrogens with one attached hydrogen (secondary N) is 2. The first-order chi connectivity index (χ1) is 11.8. The summed E-state index contributed by atoms with van der Waals surface area (Å²) in [6, 6.07) is 0. The van der Waals surface area contributed by atoms with Crippen molar-refractivity contribution in [2.45, 2.75) is 39.5 Å². The Morgan fingerprint density at radius 3 is 1.42 bits per heavy atom. The lowest BCUT2D eigenvalue weighted by Gasteiger charge is -2.11. The van der Waals surface area contributed by atoms with Crippen LogP contribution in [0.5, 0.6) is 0 Å². The highest BCUT2D eigenvalue weighted by molar-refractivity contribution is 7.55. The summed E-state index contributed by atoms with van der Waals surface area (Å²) in [6.45, 7) is 8.92. The molecule has 26 heavy (non-hydrogen) atoms. The van der Waals surface area contributed by atoms with Crippen molar-refractivity contribution in [3.63, 3.8) is 0 Å². The van der Waals surface area contributed by atoms with Crippen molar-refractivity contribution >= 4 is 50.3 Å². The average Bonchev–Trinajstić information content (AvgIpc) is 2.55. The molecule has 0 aliphatic carbocycles. The fraction of sp³-hybridized carbons (Fsp3) is 0.750. The highest BCUT2D eigenvalue weighted by Gasteiger charge is 2.24. The lowest BCUT2D eigenvalue weighted by molar-refractivity contribution is -0.152. The summed E-state index contributed by atoms with van der Waals surface area (Å²) < 4.78 is 16.0. The summed E-state index contributed by atoms with van der Waals surface area (Å²) in [5.74, 6) is 0. The third-order valence-electron chi connectivity index (χ3n) is 3.12. The van der Waals surface area contributed by atoms with Gasteiger partial charge in [-0.25, -0.2) is 4.74 Å². The van der Waals surface area contributed by atoms with Crippen molar-refractivity contribution in [3.8, 4) is 0 Å². The van der Waals surface area contributed by atoms with Gasteiger partial charge >= 0.3 is 0 Å². The summed E-state index contributed by atoms with van der Waals surface area (Å²) in [4.78, 5) is 23.9. The van der Waals surface area contributed by atoms with Crippen LogP contribution in [0.4, 0.5) is 0 Å². The van der Waals surface area contributed by atoms with E-state index >= 15 is 0 Å². The highest BCUT2D eigenvalue weighted by Crippen LogP contribution is 2.18. The number of halogens is 1. The van der Waals surface area contributed by atoms with Gasteiger partial charge in [-0.3, -0.25) is 10.8 Å². The zero-order valence-electron chi connectivity index (χ0n) is 16.0. The molecular formula is C16H31ClN2O5P2. The van der Waals surface area contributed by atoms with E-state index in [0.717, 1.165) is 0 Å². The molecule has 0 amide bonds. The van der Waals surface area contributed by atoms with Crippen LogP contribution in [0, 0.1) is 10.8 Å². The molecule has 0 aromatic heterocycles. The van der Waals surface area contributed by atoms with Crippen LogP contribution in [0.15, 0.2) is 0 Å². The molecule has 2 N–H and O–H groups in total. The van der Waals surface area contributed by atoms with E-state index in [2.05, 4.69) is 0 Å². The maximum absolute atomic E-state index is 12.0. The van der Waals surface area contributed by atoms with E-state index in [1.54, 1.807) is 0 Å². The van der Waals surface area contributed by atoms with Crippen molar-refractivity contribution in [2.24, 2.45) is 0 Å². The molecule has 2 unspecified atom stereocenters. The molecule has 0 bridgehead atoms. The molecule has 0 aliphatic rings. The Hall–Kier alpha value is -0.230. The van der Waals surface area contributed by atoms with E-state index in [4.69, 9.17) is 25.0 Å². The lowest BCUT2D eigenvalue weighted by Crippen LogP contribution is -2.28. The molecule has 2 atom stereocenters. The maximum Gasteiger partial charge on any atom is 0.274 e. The third-order valence-corrected chi connectivity index (χ3v) is 4.99.